The molecule has 4 aromatic carbocycles. The molecule has 0 bridgehead atoms. The molecule has 0 saturated carbocycles. The van der Waals surface area contributed by atoms with Crippen LogP contribution in [0, 0.1) is 5.82 Å². The Hall–Kier alpha value is -2.85. The molecule has 2 N–H and O–H groups in total. The highest BCUT2D eigenvalue weighted by atomic mass is 35.5. The molecule has 1 heterocycles. The third-order valence-electron chi connectivity index (χ3n) is 4.90. The van der Waals surface area contributed by atoms with Gasteiger partial charge in [-0.05, 0) is 36.4 Å². The molecule has 0 fully saturated rings. The topological polar surface area (TPSA) is 79.3 Å². The second-order valence-electron chi connectivity index (χ2n) is 7.05. The van der Waals surface area contributed by atoms with Gasteiger partial charge in [0.2, 0.25) is 0 Å². The van der Waals surface area contributed by atoms with Crippen molar-refractivity contribution in [2.45, 2.75) is 14.1 Å². The molecule has 0 atom stereocenters. The molecule has 0 spiro atoms. The van der Waals surface area contributed by atoms with Gasteiger partial charge < -0.3 is 5.11 Å². The van der Waals surface area contributed by atoms with Crippen LogP contribution in [0.2, 0.25) is 5.02 Å². The second kappa shape index (κ2) is 8.49. The van der Waals surface area contributed by atoms with Gasteiger partial charge in [-0.2, -0.15) is 0 Å². The number of aromatic nitrogens is 1. The number of sulfonamides is 1. The predicted octanol–water partition coefficient (Wildman–Crippen LogP) is 6.90. The Morgan fingerprint density at radius 3 is 2.48 bits per heavy atom. The van der Waals surface area contributed by atoms with Crippen LogP contribution in [-0.4, -0.2) is 18.5 Å². The lowest BCUT2D eigenvalue weighted by Crippen LogP contribution is -2.13. The van der Waals surface area contributed by atoms with Crippen molar-refractivity contribution in [3.8, 4) is 5.75 Å². The summed E-state index contributed by atoms with van der Waals surface area (Å²) in [5.74, 6) is -0.678. The lowest BCUT2D eigenvalue weighted by Gasteiger charge is -2.14. The van der Waals surface area contributed by atoms with Crippen molar-refractivity contribution in [2.24, 2.45) is 0 Å². The van der Waals surface area contributed by atoms with Crippen molar-refractivity contribution in [3.63, 3.8) is 0 Å². The highest BCUT2D eigenvalue weighted by Gasteiger charge is 2.20. The van der Waals surface area contributed by atoms with Crippen molar-refractivity contribution < 1.29 is 17.9 Å². The summed E-state index contributed by atoms with van der Waals surface area (Å²) in [4.78, 5) is 4.85. The van der Waals surface area contributed by atoms with E-state index in [0.29, 0.717) is 20.0 Å². The number of aromatic hydroxyl groups is 1. The summed E-state index contributed by atoms with van der Waals surface area (Å²) >= 11 is 8.50. The minimum Gasteiger partial charge on any atom is -0.506 e. The first-order chi connectivity index (χ1) is 15.8. The van der Waals surface area contributed by atoms with Gasteiger partial charge >= 0.3 is 0 Å². The number of phenolic OH excluding ortho intramolecular Hbond substituents is 1. The van der Waals surface area contributed by atoms with Gasteiger partial charge in [0, 0.05) is 10.8 Å². The van der Waals surface area contributed by atoms with Crippen molar-refractivity contribution >= 4 is 71.4 Å². The van der Waals surface area contributed by atoms with Crippen molar-refractivity contribution in [3.05, 3.63) is 83.6 Å². The summed E-state index contributed by atoms with van der Waals surface area (Å²) in [5, 5.41) is 11.6. The van der Waals surface area contributed by atoms with Crippen LogP contribution < -0.4 is 4.72 Å². The predicted molar refractivity (Wildman–Crippen MR) is 132 cm³/mol. The lowest BCUT2D eigenvalue weighted by atomic mass is 10.1. The van der Waals surface area contributed by atoms with Gasteiger partial charge in [0.25, 0.3) is 10.0 Å². The monoisotopic (exact) mass is 516 g/mol. The molecule has 166 valence electrons. The summed E-state index contributed by atoms with van der Waals surface area (Å²) in [5.41, 5.74) is 1.12. The number of fused-ring (bicyclic) bond motifs is 2. The number of rotatable bonds is 5. The minimum absolute atomic E-state index is 0.0302. The molecule has 0 radical (unpaired) electrons. The number of thiazole rings is 1. The van der Waals surface area contributed by atoms with Gasteiger partial charge in [0.15, 0.2) is 4.34 Å². The van der Waals surface area contributed by atoms with Crippen LogP contribution in [0.3, 0.4) is 0 Å². The van der Waals surface area contributed by atoms with E-state index >= 15 is 0 Å². The Morgan fingerprint density at radius 1 is 1.00 bits per heavy atom. The van der Waals surface area contributed by atoms with E-state index in [2.05, 4.69) is 9.71 Å². The average Bonchev–Trinajstić information content (AvgIpc) is 3.21. The van der Waals surface area contributed by atoms with Crippen LogP contribution in [0.25, 0.3) is 21.0 Å². The Kier molecular flexibility index (Phi) is 5.65. The van der Waals surface area contributed by atoms with Crippen LogP contribution in [-0.2, 0) is 10.0 Å². The quantitative estimate of drug-likeness (QED) is 0.248. The van der Waals surface area contributed by atoms with E-state index in [0.717, 1.165) is 28.4 Å². The third kappa shape index (κ3) is 4.24. The van der Waals surface area contributed by atoms with Gasteiger partial charge in [-0.1, -0.05) is 59.8 Å². The summed E-state index contributed by atoms with van der Waals surface area (Å²) in [6.07, 6.45) is 0. The molecule has 0 amide bonds. The number of hydrogen-bond acceptors (Lipinski definition) is 6. The third-order valence-corrected chi connectivity index (χ3v) is 8.68. The first-order valence-corrected chi connectivity index (χ1v) is 13.1. The van der Waals surface area contributed by atoms with Gasteiger partial charge in [-0.25, -0.2) is 17.8 Å². The van der Waals surface area contributed by atoms with Crippen molar-refractivity contribution in [1.82, 2.24) is 4.98 Å². The summed E-state index contributed by atoms with van der Waals surface area (Å²) in [7, 11) is -4.07. The van der Waals surface area contributed by atoms with Crippen LogP contribution in [0.1, 0.15) is 0 Å². The van der Waals surface area contributed by atoms with E-state index in [1.54, 1.807) is 30.3 Å². The fraction of sp³-hybridized carbons (Fsp3) is 0. The molecule has 0 saturated heterocycles. The number of phenols is 1. The van der Waals surface area contributed by atoms with Gasteiger partial charge in [0.1, 0.15) is 11.6 Å². The first kappa shape index (κ1) is 22.0. The molecule has 5 aromatic rings. The Bertz CT molecular complexity index is 1600. The molecule has 0 aliphatic heterocycles. The molecule has 5 nitrogen and oxygen atoms in total. The number of benzene rings is 4. The zero-order chi connectivity index (χ0) is 23.2. The molecule has 33 heavy (non-hydrogen) atoms. The molecule has 0 aliphatic rings. The maximum absolute atomic E-state index is 13.5. The highest BCUT2D eigenvalue weighted by molar-refractivity contribution is 8.01. The number of anilines is 1. The number of hydrogen-bond donors (Lipinski definition) is 2. The Morgan fingerprint density at radius 2 is 1.73 bits per heavy atom. The van der Waals surface area contributed by atoms with E-state index in [9.17, 15) is 17.9 Å². The smallest absolute Gasteiger partial charge is 0.261 e. The maximum atomic E-state index is 13.5. The van der Waals surface area contributed by atoms with Gasteiger partial charge in [-0.15, -0.1) is 11.3 Å². The zero-order valence-corrected chi connectivity index (χ0v) is 19.8. The number of halogens is 2. The number of nitrogens with one attached hydrogen (secondary N) is 1. The fourth-order valence-electron chi connectivity index (χ4n) is 3.33. The Balaban J connectivity index is 1.59. The van der Waals surface area contributed by atoms with E-state index in [-0.39, 0.29) is 21.4 Å². The molecule has 0 unspecified atom stereocenters. The van der Waals surface area contributed by atoms with E-state index in [4.69, 9.17) is 11.6 Å². The van der Waals surface area contributed by atoms with E-state index < -0.39 is 15.8 Å². The van der Waals surface area contributed by atoms with Crippen LogP contribution in [0.5, 0.6) is 5.75 Å². The molecular weight excluding hydrogens is 503 g/mol. The van der Waals surface area contributed by atoms with Crippen LogP contribution in [0.4, 0.5) is 10.1 Å². The molecule has 0 aliphatic carbocycles. The van der Waals surface area contributed by atoms with E-state index in [1.165, 1.54) is 23.1 Å². The minimum atomic E-state index is -4.07. The average molecular weight is 517 g/mol. The lowest BCUT2D eigenvalue weighted by molar-refractivity contribution is 0.469. The second-order valence-corrected chi connectivity index (χ2v) is 11.5. The van der Waals surface area contributed by atoms with Gasteiger partial charge in [-0.3, -0.25) is 4.72 Å². The Labute approximate surface area is 201 Å². The van der Waals surface area contributed by atoms with Crippen LogP contribution in [0.15, 0.2) is 86.9 Å². The first-order valence-electron chi connectivity index (χ1n) is 9.58. The highest BCUT2D eigenvalue weighted by Crippen LogP contribution is 2.44. The zero-order valence-electron chi connectivity index (χ0n) is 16.6. The van der Waals surface area contributed by atoms with Crippen molar-refractivity contribution in [2.75, 3.05) is 4.72 Å². The van der Waals surface area contributed by atoms with Gasteiger partial charge in [0.05, 0.1) is 30.7 Å². The summed E-state index contributed by atoms with van der Waals surface area (Å²) < 4.78 is 43.8. The maximum Gasteiger partial charge on any atom is 0.261 e. The molecule has 5 rings (SSSR count). The largest absolute Gasteiger partial charge is 0.506 e. The van der Waals surface area contributed by atoms with E-state index in [1.807, 2.05) is 24.3 Å². The SMILES string of the molecule is O=S(=O)(Nc1cc(Sc2nc3ccccc3s2)c(O)c2ccccc12)c1ccc(F)c(Cl)c1. The fourth-order valence-corrected chi connectivity index (χ4v) is 6.79. The number of nitrogens with zero attached hydrogens (tertiary/aromatic N) is 1. The normalized spacial score (nSPS) is 11.8. The van der Waals surface area contributed by atoms with Crippen molar-refractivity contribution in [1.29, 1.82) is 0 Å². The standard InChI is InChI=1S/C23H14ClFN2O3S3/c24-16-11-13(9-10-17(16)25)33(29,30)27-19-12-21(22(28)15-6-2-1-5-14(15)19)32-23-26-18-7-3-4-8-20(18)31-23/h1-12,27-28H. The van der Waals surface area contributed by atoms with Crippen LogP contribution >= 0.6 is 34.7 Å². The molecular formula is C23H14ClFN2O3S3. The molecule has 1 aromatic heterocycles. The summed E-state index contributed by atoms with van der Waals surface area (Å²) in [6.45, 7) is 0. The molecule has 10 heteroatoms. The summed E-state index contributed by atoms with van der Waals surface area (Å²) in [6, 6.07) is 19.4. The number of para-hydroxylation sites is 1.